The minimum Gasteiger partial charge on any atom is -0.489 e. The number of aryl methyl sites for hydroxylation is 1. The number of halogens is 2. The summed E-state index contributed by atoms with van der Waals surface area (Å²) in [7, 11) is 1.34. The summed E-state index contributed by atoms with van der Waals surface area (Å²) in [6, 6.07) is 10.3. The predicted molar refractivity (Wildman–Crippen MR) is 109 cm³/mol. The number of alkyl halides is 2. The first-order chi connectivity index (χ1) is 13.8. The van der Waals surface area contributed by atoms with Gasteiger partial charge in [0.1, 0.15) is 12.4 Å². The standard InChI is InChI=1S/C24H28F2O3/c1-16-13-18(23(27)28-3)9-10-19(16)15-29-20-11-12-21(17-7-5-4-6-8-17)22(14-20)24(2,25)26/h9-14,17H,4-8,15H2,1-3H3. The average Bonchev–Trinajstić information content (AvgIpc) is 2.72. The average molecular weight is 402 g/mol. The van der Waals surface area contributed by atoms with Crippen LogP contribution in [0.4, 0.5) is 8.78 Å². The third kappa shape index (κ3) is 5.14. The van der Waals surface area contributed by atoms with Crippen LogP contribution in [0.3, 0.4) is 0 Å². The van der Waals surface area contributed by atoms with Crippen molar-refractivity contribution in [1.29, 1.82) is 0 Å². The minimum absolute atomic E-state index is 0.0691. The molecule has 1 aliphatic rings. The lowest BCUT2D eigenvalue weighted by Gasteiger charge is -2.27. The number of ether oxygens (including phenoxy) is 2. The molecule has 0 heterocycles. The molecule has 3 rings (SSSR count). The lowest BCUT2D eigenvalue weighted by atomic mass is 9.81. The largest absolute Gasteiger partial charge is 0.489 e. The first-order valence-electron chi connectivity index (χ1n) is 10.1. The van der Waals surface area contributed by atoms with E-state index in [1.54, 1.807) is 24.3 Å². The maximum absolute atomic E-state index is 14.3. The van der Waals surface area contributed by atoms with Crippen molar-refractivity contribution in [2.75, 3.05) is 7.11 Å². The Morgan fingerprint density at radius 2 is 1.83 bits per heavy atom. The van der Waals surface area contributed by atoms with Gasteiger partial charge in [-0.3, -0.25) is 0 Å². The molecule has 2 aromatic rings. The van der Waals surface area contributed by atoms with Gasteiger partial charge >= 0.3 is 5.97 Å². The van der Waals surface area contributed by atoms with E-state index in [1.165, 1.54) is 19.6 Å². The molecule has 0 amide bonds. The van der Waals surface area contributed by atoms with Crippen molar-refractivity contribution >= 4 is 5.97 Å². The van der Waals surface area contributed by atoms with E-state index < -0.39 is 11.9 Å². The van der Waals surface area contributed by atoms with Crippen LogP contribution in [0.2, 0.25) is 0 Å². The number of hydrogen-bond donors (Lipinski definition) is 0. The fraction of sp³-hybridized carbons (Fsp3) is 0.458. The van der Waals surface area contributed by atoms with Crippen LogP contribution >= 0.6 is 0 Å². The summed E-state index contributed by atoms with van der Waals surface area (Å²) in [5.74, 6) is -2.68. The SMILES string of the molecule is COC(=O)c1ccc(COc2ccc(C3CCCCC3)c(C(C)(F)F)c2)c(C)c1. The second-order valence-corrected chi connectivity index (χ2v) is 7.89. The topological polar surface area (TPSA) is 35.5 Å². The van der Waals surface area contributed by atoms with E-state index >= 15 is 0 Å². The number of methoxy groups -OCH3 is 1. The zero-order valence-electron chi connectivity index (χ0n) is 17.3. The fourth-order valence-corrected chi connectivity index (χ4v) is 4.04. The highest BCUT2D eigenvalue weighted by atomic mass is 19.3. The van der Waals surface area contributed by atoms with Gasteiger partial charge in [0.2, 0.25) is 0 Å². The first-order valence-corrected chi connectivity index (χ1v) is 10.1. The number of carbonyl (C=O) groups is 1. The molecular weight excluding hydrogens is 374 g/mol. The van der Waals surface area contributed by atoms with Crippen LogP contribution in [-0.2, 0) is 17.3 Å². The van der Waals surface area contributed by atoms with E-state index in [0.29, 0.717) is 11.3 Å². The number of carbonyl (C=O) groups excluding carboxylic acids is 1. The highest BCUT2D eigenvalue weighted by molar-refractivity contribution is 5.89. The number of benzene rings is 2. The molecule has 0 unspecified atom stereocenters. The van der Waals surface area contributed by atoms with E-state index in [4.69, 9.17) is 9.47 Å². The Balaban J connectivity index is 1.78. The molecule has 1 aliphatic carbocycles. The van der Waals surface area contributed by atoms with E-state index in [2.05, 4.69) is 0 Å². The molecule has 1 saturated carbocycles. The maximum Gasteiger partial charge on any atom is 0.337 e. The van der Waals surface area contributed by atoms with Gasteiger partial charge in [0, 0.05) is 12.5 Å². The zero-order chi connectivity index (χ0) is 21.0. The molecule has 156 valence electrons. The summed E-state index contributed by atoms with van der Waals surface area (Å²) in [5.41, 5.74) is 3.06. The summed E-state index contributed by atoms with van der Waals surface area (Å²) in [5, 5.41) is 0. The van der Waals surface area contributed by atoms with E-state index in [0.717, 1.165) is 49.3 Å². The van der Waals surface area contributed by atoms with Gasteiger partial charge in [0.15, 0.2) is 0 Å². The molecule has 0 aromatic heterocycles. The van der Waals surface area contributed by atoms with Gasteiger partial charge in [0.25, 0.3) is 5.92 Å². The lowest BCUT2D eigenvalue weighted by molar-refractivity contribution is 0.0157. The normalized spacial score (nSPS) is 15.2. The van der Waals surface area contributed by atoms with Crippen molar-refractivity contribution < 1.29 is 23.0 Å². The Labute approximate surface area is 171 Å². The molecule has 0 aliphatic heterocycles. The smallest absolute Gasteiger partial charge is 0.337 e. The molecule has 2 aromatic carbocycles. The van der Waals surface area contributed by atoms with Crippen LogP contribution in [0.25, 0.3) is 0 Å². The molecule has 5 heteroatoms. The van der Waals surface area contributed by atoms with Crippen LogP contribution in [0.5, 0.6) is 5.75 Å². The molecule has 0 atom stereocenters. The molecule has 0 saturated heterocycles. The van der Waals surface area contributed by atoms with Crippen molar-refractivity contribution in [3.05, 3.63) is 64.2 Å². The molecule has 3 nitrogen and oxygen atoms in total. The summed E-state index contributed by atoms with van der Waals surface area (Å²) in [6.07, 6.45) is 5.31. The van der Waals surface area contributed by atoms with E-state index in [1.807, 2.05) is 13.0 Å². The summed E-state index contributed by atoms with van der Waals surface area (Å²) < 4.78 is 39.2. The van der Waals surface area contributed by atoms with Crippen LogP contribution in [0.1, 0.15) is 77.6 Å². The summed E-state index contributed by atoms with van der Waals surface area (Å²) in [4.78, 5) is 11.6. The Morgan fingerprint density at radius 3 is 2.45 bits per heavy atom. The first kappa shape index (κ1) is 21.3. The number of rotatable bonds is 6. The lowest BCUT2D eigenvalue weighted by Crippen LogP contribution is -2.15. The quantitative estimate of drug-likeness (QED) is 0.516. The minimum atomic E-state index is -2.91. The van der Waals surface area contributed by atoms with Crippen molar-refractivity contribution in [1.82, 2.24) is 0 Å². The third-order valence-electron chi connectivity index (χ3n) is 5.70. The van der Waals surface area contributed by atoms with Crippen LogP contribution in [0.15, 0.2) is 36.4 Å². The predicted octanol–water partition coefficient (Wildman–Crippen LogP) is 6.52. The van der Waals surface area contributed by atoms with Crippen molar-refractivity contribution in [3.63, 3.8) is 0 Å². The Hall–Kier alpha value is -2.43. The maximum atomic E-state index is 14.3. The second-order valence-electron chi connectivity index (χ2n) is 7.89. The van der Waals surface area contributed by atoms with Gasteiger partial charge in [-0.1, -0.05) is 31.4 Å². The van der Waals surface area contributed by atoms with Crippen LogP contribution in [0, 0.1) is 6.92 Å². The van der Waals surface area contributed by atoms with Gasteiger partial charge in [-0.2, -0.15) is 0 Å². The van der Waals surface area contributed by atoms with Crippen molar-refractivity contribution in [2.45, 2.75) is 64.4 Å². The molecule has 1 fully saturated rings. The van der Waals surface area contributed by atoms with Gasteiger partial charge in [-0.15, -0.1) is 0 Å². The van der Waals surface area contributed by atoms with Crippen molar-refractivity contribution in [2.24, 2.45) is 0 Å². The molecular formula is C24H28F2O3. The molecule has 29 heavy (non-hydrogen) atoms. The Kier molecular flexibility index (Phi) is 6.56. The Morgan fingerprint density at radius 1 is 1.10 bits per heavy atom. The van der Waals surface area contributed by atoms with Crippen LogP contribution < -0.4 is 4.74 Å². The highest BCUT2D eigenvalue weighted by Crippen LogP contribution is 2.41. The molecule has 0 radical (unpaired) electrons. The van der Waals surface area contributed by atoms with Gasteiger partial charge in [-0.25, -0.2) is 13.6 Å². The molecule has 0 spiro atoms. The molecule has 0 N–H and O–H groups in total. The summed E-state index contributed by atoms with van der Waals surface area (Å²) >= 11 is 0. The van der Waals surface area contributed by atoms with E-state index in [-0.39, 0.29) is 18.1 Å². The monoisotopic (exact) mass is 402 g/mol. The Bertz CT molecular complexity index is 865. The van der Waals surface area contributed by atoms with Gasteiger partial charge in [-0.05, 0) is 66.6 Å². The zero-order valence-corrected chi connectivity index (χ0v) is 17.3. The van der Waals surface area contributed by atoms with Gasteiger partial charge in [0.05, 0.1) is 12.7 Å². The van der Waals surface area contributed by atoms with Gasteiger partial charge < -0.3 is 9.47 Å². The molecule has 0 bridgehead atoms. The highest BCUT2D eigenvalue weighted by Gasteiger charge is 2.31. The van der Waals surface area contributed by atoms with Crippen LogP contribution in [-0.4, -0.2) is 13.1 Å². The summed E-state index contributed by atoms with van der Waals surface area (Å²) in [6.45, 7) is 3.07. The number of esters is 1. The fourth-order valence-electron chi connectivity index (χ4n) is 4.04. The third-order valence-corrected chi connectivity index (χ3v) is 5.70. The van der Waals surface area contributed by atoms with Crippen molar-refractivity contribution in [3.8, 4) is 5.75 Å². The second kappa shape index (κ2) is 8.93. The van der Waals surface area contributed by atoms with E-state index in [9.17, 15) is 13.6 Å². The number of hydrogen-bond acceptors (Lipinski definition) is 3.